The Morgan fingerprint density at radius 1 is 1.25 bits per heavy atom. The van der Waals surface area contributed by atoms with E-state index < -0.39 is 15.8 Å². The zero-order chi connectivity index (χ0) is 16.9. The fraction of sp³-hybridized carbons (Fsp3) is 0.533. The number of sulfonamides is 1. The second-order valence-corrected chi connectivity index (χ2v) is 7.31. The van der Waals surface area contributed by atoms with Gasteiger partial charge in [0.1, 0.15) is 5.82 Å². The van der Waals surface area contributed by atoms with Crippen molar-refractivity contribution in [3.63, 3.8) is 0 Å². The molecule has 0 spiro atoms. The summed E-state index contributed by atoms with van der Waals surface area (Å²) in [5.41, 5.74) is 0. The van der Waals surface area contributed by atoms with Crippen LogP contribution < -0.4 is 10.0 Å². The quantitative estimate of drug-likeness (QED) is 0.776. The summed E-state index contributed by atoms with van der Waals surface area (Å²) in [6, 6.07) is 5.01. The Hall–Kier alpha value is -1.22. The molecule has 24 heavy (non-hydrogen) atoms. The molecule has 1 fully saturated rings. The minimum Gasteiger partial charge on any atom is -0.343 e. The summed E-state index contributed by atoms with van der Waals surface area (Å²) in [6.07, 6.45) is 1.93. The first kappa shape index (κ1) is 20.8. The molecule has 2 rings (SSSR count). The highest BCUT2D eigenvalue weighted by Gasteiger charge is 2.22. The minimum absolute atomic E-state index is 0. The van der Waals surface area contributed by atoms with Gasteiger partial charge in [-0.15, -0.1) is 12.4 Å². The van der Waals surface area contributed by atoms with E-state index in [2.05, 4.69) is 10.0 Å². The lowest BCUT2D eigenvalue weighted by atomic mass is 10.1. The zero-order valence-corrected chi connectivity index (χ0v) is 15.1. The number of carbonyl (C=O) groups excluding carboxylic acids is 1. The molecule has 0 radical (unpaired) electrons. The van der Waals surface area contributed by atoms with Gasteiger partial charge in [-0.3, -0.25) is 4.79 Å². The van der Waals surface area contributed by atoms with Crippen molar-refractivity contribution in [3.05, 3.63) is 30.1 Å². The van der Waals surface area contributed by atoms with E-state index in [-0.39, 0.29) is 36.2 Å². The lowest BCUT2D eigenvalue weighted by Crippen LogP contribution is -2.44. The van der Waals surface area contributed by atoms with Crippen LogP contribution >= 0.6 is 12.4 Å². The number of amides is 1. The van der Waals surface area contributed by atoms with Crippen LogP contribution in [0, 0.1) is 5.82 Å². The highest BCUT2D eigenvalue weighted by molar-refractivity contribution is 7.89. The minimum atomic E-state index is -3.71. The molecular formula is C15H23ClFN3O3S. The molecule has 0 saturated carbocycles. The first-order valence-corrected chi connectivity index (χ1v) is 9.11. The van der Waals surface area contributed by atoms with Gasteiger partial charge in [-0.05, 0) is 44.2 Å². The summed E-state index contributed by atoms with van der Waals surface area (Å²) in [5.74, 6) is -0.551. The number of benzene rings is 1. The van der Waals surface area contributed by atoms with Crippen LogP contribution in [0.2, 0.25) is 0 Å². The third-order valence-corrected chi connectivity index (χ3v) is 5.49. The molecule has 1 aliphatic heterocycles. The molecular weight excluding hydrogens is 357 g/mol. The van der Waals surface area contributed by atoms with Crippen LogP contribution in [0.15, 0.2) is 29.2 Å². The molecule has 0 unspecified atom stereocenters. The van der Waals surface area contributed by atoms with Gasteiger partial charge in [-0.2, -0.15) is 0 Å². The van der Waals surface area contributed by atoms with E-state index >= 15 is 0 Å². The van der Waals surface area contributed by atoms with E-state index in [9.17, 15) is 17.6 Å². The summed E-state index contributed by atoms with van der Waals surface area (Å²) in [4.78, 5) is 13.8. The van der Waals surface area contributed by atoms with Crippen molar-refractivity contribution < 1.29 is 17.6 Å². The van der Waals surface area contributed by atoms with Gasteiger partial charge in [0.25, 0.3) is 0 Å². The van der Waals surface area contributed by atoms with Gasteiger partial charge in [0.05, 0.1) is 4.90 Å². The van der Waals surface area contributed by atoms with Crippen molar-refractivity contribution >= 4 is 28.3 Å². The smallest absolute Gasteiger partial charge is 0.240 e. The Balaban J connectivity index is 0.00000288. The highest BCUT2D eigenvalue weighted by Crippen LogP contribution is 2.12. The van der Waals surface area contributed by atoms with Crippen LogP contribution in [0.4, 0.5) is 4.39 Å². The monoisotopic (exact) mass is 379 g/mol. The topological polar surface area (TPSA) is 78.5 Å². The van der Waals surface area contributed by atoms with E-state index in [0.29, 0.717) is 19.1 Å². The lowest BCUT2D eigenvalue weighted by Gasteiger charge is -2.31. The molecule has 1 heterocycles. The SMILES string of the molecule is CNC1CCN(C(=O)CCNS(=O)(=O)c2ccc(F)cc2)CC1.Cl. The molecule has 0 aliphatic carbocycles. The van der Waals surface area contributed by atoms with Gasteiger partial charge in [0.2, 0.25) is 15.9 Å². The number of likely N-dealkylation sites (tertiary alicyclic amines) is 1. The standard InChI is InChI=1S/C15H22FN3O3S.ClH/c1-17-13-7-10-19(11-8-13)15(20)6-9-18-23(21,22)14-4-2-12(16)3-5-14;/h2-5,13,17-18H,6-11H2,1H3;1H. The predicted molar refractivity (Wildman–Crippen MR) is 92.1 cm³/mol. The van der Waals surface area contributed by atoms with Crippen LogP contribution in [0.1, 0.15) is 19.3 Å². The van der Waals surface area contributed by atoms with Gasteiger partial charge in [0.15, 0.2) is 0 Å². The molecule has 2 N–H and O–H groups in total. The maximum atomic E-state index is 12.8. The molecule has 1 saturated heterocycles. The maximum absolute atomic E-state index is 12.8. The van der Waals surface area contributed by atoms with Crippen LogP contribution in [0.3, 0.4) is 0 Å². The number of nitrogens with one attached hydrogen (secondary N) is 2. The van der Waals surface area contributed by atoms with Gasteiger partial charge in [-0.1, -0.05) is 0 Å². The van der Waals surface area contributed by atoms with Crippen LogP contribution in [-0.2, 0) is 14.8 Å². The summed E-state index contributed by atoms with van der Waals surface area (Å²) in [7, 11) is -1.80. The maximum Gasteiger partial charge on any atom is 0.240 e. The summed E-state index contributed by atoms with van der Waals surface area (Å²) in [5, 5.41) is 3.19. The summed E-state index contributed by atoms with van der Waals surface area (Å²) in [6.45, 7) is 1.41. The lowest BCUT2D eigenvalue weighted by molar-refractivity contribution is -0.132. The second-order valence-electron chi connectivity index (χ2n) is 5.55. The molecule has 1 aliphatic rings. The van der Waals surface area contributed by atoms with E-state index in [0.717, 1.165) is 25.0 Å². The number of piperidine rings is 1. The van der Waals surface area contributed by atoms with Gasteiger partial charge in [0, 0.05) is 32.1 Å². The Morgan fingerprint density at radius 3 is 2.38 bits per heavy atom. The Labute approximate surface area is 148 Å². The molecule has 136 valence electrons. The number of rotatable bonds is 6. The van der Waals surface area contributed by atoms with Crippen molar-refractivity contribution in [2.45, 2.75) is 30.2 Å². The highest BCUT2D eigenvalue weighted by atomic mass is 35.5. The summed E-state index contributed by atoms with van der Waals surface area (Å²) < 4.78 is 39.2. The molecule has 0 bridgehead atoms. The zero-order valence-electron chi connectivity index (χ0n) is 13.5. The molecule has 0 atom stereocenters. The molecule has 1 aromatic carbocycles. The Kier molecular flexibility index (Phi) is 8.08. The van der Waals surface area contributed by atoms with E-state index in [1.54, 1.807) is 4.90 Å². The summed E-state index contributed by atoms with van der Waals surface area (Å²) >= 11 is 0. The Bertz CT molecular complexity index is 632. The van der Waals surface area contributed by atoms with Crippen molar-refractivity contribution in [2.75, 3.05) is 26.7 Å². The fourth-order valence-electron chi connectivity index (χ4n) is 2.57. The van der Waals surface area contributed by atoms with Crippen molar-refractivity contribution in [2.24, 2.45) is 0 Å². The normalized spacial score (nSPS) is 15.8. The Morgan fingerprint density at radius 2 is 1.83 bits per heavy atom. The number of halogens is 2. The molecule has 0 aromatic heterocycles. The third-order valence-electron chi connectivity index (χ3n) is 4.01. The van der Waals surface area contributed by atoms with Gasteiger partial charge >= 0.3 is 0 Å². The fourth-order valence-corrected chi connectivity index (χ4v) is 3.60. The average Bonchev–Trinajstić information content (AvgIpc) is 2.55. The largest absolute Gasteiger partial charge is 0.343 e. The third kappa shape index (κ3) is 5.70. The van der Waals surface area contributed by atoms with Gasteiger partial charge < -0.3 is 10.2 Å². The number of nitrogens with zero attached hydrogens (tertiary/aromatic N) is 1. The van der Waals surface area contributed by atoms with Crippen LogP contribution in [0.5, 0.6) is 0 Å². The number of hydrogen-bond donors (Lipinski definition) is 2. The predicted octanol–water partition coefficient (Wildman–Crippen LogP) is 1.13. The second kappa shape index (κ2) is 9.31. The van der Waals surface area contributed by atoms with Crippen LogP contribution in [0.25, 0.3) is 0 Å². The van der Waals surface area contributed by atoms with Crippen molar-refractivity contribution in [1.82, 2.24) is 14.9 Å². The van der Waals surface area contributed by atoms with E-state index in [4.69, 9.17) is 0 Å². The van der Waals surface area contributed by atoms with Crippen molar-refractivity contribution in [3.8, 4) is 0 Å². The van der Waals surface area contributed by atoms with E-state index in [1.807, 2.05) is 7.05 Å². The first-order valence-electron chi connectivity index (χ1n) is 7.62. The molecule has 6 nitrogen and oxygen atoms in total. The molecule has 9 heteroatoms. The van der Waals surface area contributed by atoms with Crippen molar-refractivity contribution in [1.29, 1.82) is 0 Å². The van der Waals surface area contributed by atoms with E-state index in [1.165, 1.54) is 12.1 Å². The first-order chi connectivity index (χ1) is 10.9. The number of carbonyl (C=O) groups is 1. The number of hydrogen-bond acceptors (Lipinski definition) is 4. The molecule has 1 aromatic rings. The van der Waals surface area contributed by atoms with Crippen LogP contribution in [-0.4, -0.2) is 51.9 Å². The average molecular weight is 380 g/mol. The molecule has 1 amide bonds. The van der Waals surface area contributed by atoms with Gasteiger partial charge in [-0.25, -0.2) is 17.5 Å².